The van der Waals surface area contributed by atoms with Crippen LogP contribution in [-0.2, 0) is 4.79 Å². The quantitative estimate of drug-likeness (QED) is 0.397. The van der Waals surface area contributed by atoms with Gasteiger partial charge in [0.15, 0.2) is 0 Å². The van der Waals surface area contributed by atoms with E-state index in [1.54, 1.807) is 6.92 Å². The molecule has 0 aromatic heterocycles. The van der Waals surface area contributed by atoms with E-state index in [-0.39, 0.29) is 0 Å². The molecule has 0 aliphatic heterocycles. The van der Waals surface area contributed by atoms with E-state index in [1.165, 1.54) is 0 Å². The van der Waals surface area contributed by atoms with Crippen molar-refractivity contribution in [3.63, 3.8) is 0 Å². The van der Waals surface area contributed by atoms with E-state index in [2.05, 4.69) is 19.7 Å². The Bertz CT molecular complexity index is 289. The molecule has 0 atom stereocenters. The lowest BCUT2D eigenvalue weighted by molar-refractivity contribution is -0.132. The van der Waals surface area contributed by atoms with E-state index < -0.39 is 14.0 Å². The first-order valence-electron chi connectivity index (χ1n) is 5.27. The van der Waals surface area contributed by atoms with Gasteiger partial charge in [0, 0.05) is 5.57 Å². The molecule has 2 nitrogen and oxygen atoms in total. The number of allylic oxidation sites excluding steroid dienone is 3. The molecule has 0 rings (SSSR count). The Kier molecular flexibility index (Phi) is 6.42. The molecule has 0 aromatic carbocycles. The number of rotatable bonds is 8. The fraction of sp³-hybridized carbons (Fsp3) is 0.308. The Balaban J connectivity index is 5.21. The molecule has 0 aromatic rings. The van der Waals surface area contributed by atoms with Gasteiger partial charge in [-0.15, -0.1) is 19.7 Å². The van der Waals surface area contributed by atoms with Gasteiger partial charge in [-0.1, -0.05) is 23.9 Å². The molecular weight excluding hydrogens is 216 g/mol. The van der Waals surface area contributed by atoms with Gasteiger partial charge in [0.05, 0.1) is 8.07 Å². The van der Waals surface area contributed by atoms with Crippen LogP contribution in [0.25, 0.3) is 0 Å². The maximum atomic E-state index is 10.9. The van der Waals surface area contributed by atoms with Gasteiger partial charge >= 0.3 is 5.97 Å². The molecule has 0 saturated heterocycles. The summed E-state index contributed by atoms with van der Waals surface area (Å²) in [5.74, 6) is -0.853. The summed E-state index contributed by atoms with van der Waals surface area (Å²) in [5.41, 5.74) is 2.35. The van der Waals surface area contributed by atoms with E-state index in [1.807, 2.05) is 23.9 Å². The second-order valence-corrected chi connectivity index (χ2v) is 8.21. The van der Waals surface area contributed by atoms with Gasteiger partial charge in [-0.05, 0) is 25.1 Å². The lowest BCUT2D eigenvalue weighted by atomic mass is 10.4. The van der Waals surface area contributed by atoms with Crippen LogP contribution < -0.4 is 0 Å². The summed E-state index contributed by atoms with van der Waals surface area (Å²) in [4.78, 5) is 10.9. The summed E-state index contributed by atoms with van der Waals surface area (Å²) < 4.78 is 0. The highest BCUT2D eigenvalue weighted by atomic mass is 28.3. The third-order valence-corrected chi connectivity index (χ3v) is 6.86. The van der Waals surface area contributed by atoms with Gasteiger partial charge in [-0.2, -0.15) is 0 Å². The van der Waals surface area contributed by atoms with Crippen molar-refractivity contribution in [1.82, 2.24) is 0 Å². The Morgan fingerprint density at radius 2 is 1.50 bits per heavy atom. The normalized spacial score (nSPS) is 11.9. The van der Waals surface area contributed by atoms with E-state index in [9.17, 15) is 4.79 Å². The largest absolute Gasteiger partial charge is 0.478 e. The Hall–Kier alpha value is -1.35. The summed E-state index contributed by atoms with van der Waals surface area (Å²) in [6, 6.07) is 2.57. The van der Waals surface area contributed by atoms with Crippen LogP contribution in [0.2, 0.25) is 18.1 Å². The van der Waals surface area contributed by atoms with Crippen LogP contribution in [0.4, 0.5) is 0 Å². The molecule has 0 bridgehead atoms. The van der Waals surface area contributed by atoms with Gasteiger partial charge in [0.1, 0.15) is 0 Å². The predicted octanol–water partition coefficient (Wildman–Crippen LogP) is 3.56. The molecule has 0 radical (unpaired) electrons. The lowest BCUT2D eigenvalue weighted by Crippen LogP contribution is -2.31. The van der Waals surface area contributed by atoms with Gasteiger partial charge in [0.25, 0.3) is 0 Å². The topological polar surface area (TPSA) is 37.3 Å². The number of carboxylic acids is 1. The van der Waals surface area contributed by atoms with Crippen LogP contribution in [0.1, 0.15) is 6.92 Å². The van der Waals surface area contributed by atoms with Crippen molar-refractivity contribution in [3.8, 4) is 0 Å². The molecule has 3 heteroatoms. The number of carbonyl (C=O) groups is 1. The van der Waals surface area contributed by atoms with Crippen LogP contribution >= 0.6 is 0 Å². The highest BCUT2D eigenvalue weighted by Crippen LogP contribution is 2.25. The van der Waals surface area contributed by atoms with Gasteiger partial charge in [0.2, 0.25) is 0 Å². The molecule has 0 aliphatic rings. The second-order valence-electron chi connectivity index (χ2n) is 3.97. The van der Waals surface area contributed by atoms with E-state index in [4.69, 9.17) is 5.11 Å². The molecule has 0 spiro atoms. The number of hydrogen-bond donors (Lipinski definition) is 1. The maximum absolute atomic E-state index is 10.9. The van der Waals surface area contributed by atoms with E-state index >= 15 is 0 Å². The Morgan fingerprint density at radius 3 is 1.75 bits per heavy atom. The number of aliphatic carboxylic acids is 1. The van der Waals surface area contributed by atoms with Crippen molar-refractivity contribution in [1.29, 1.82) is 0 Å². The molecule has 0 amide bonds. The van der Waals surface area contributed by atoms with Crippen molar-refractivity contribution in [2.45, 2.75) is 25.1 Å². The fourth-order valence-electron chi connectivity index (χ4n) is 1.81. The number of hydrogen-bond acceptors (Lipinski definition) is 1. The molecule has 0 aliphatic carbocycles. The van der Waals surface area contributed by atoms with Crippen molar-refractivity contribution in [2.75, 3.05) is 0 Å². The molecule has 0 fully saturated rings. The standard InChI is InChI=1S/C13H20O2Si/c1-5-8-16(9-6-2,10-7-3)11-12(4)13(14)15/h5-7,11H,1-3,8-10H2,4H3,(H,14,15). The minimum Gasteiger partial charge on any atom is -0.478 e. The molecule has 88 valence electrons. The zero-order valence-electron chi connectivity index (χ0n) is 9.91. The fourth-order valence-corrected chi connectivity index (χ4v) is 5.43. The highest BCUT2D eigenvalue weighted by Gasteiger charge is 2.27. The average Bonchev–Trinajstić information content (AvgIpc) is 2.18. The van der Waals surface area contributed by atoms with Gasteiger partial charge in [-0.3, -0.25) is 0 Å². The molecule has 0 heterocycles. The summed E-state index contributed by atoms with van der Waals surface area (Å²) in [5, 5.41) is 8.93. The summed E-state index contributed by atoms with van der Waals surface area (Å²) in [7, 11) is -1.82. The molecule has 16 heavy (non-hydrogen) atoms. The lowest BCUT2D eigenvalue weighted by Gasteiger charge is -2.25. The molecule has 1 N–H and O–H groups in total. The van der Waals surface area contributed by atoms with E-state index in [0.717, 1.165) is 18.1 Å². The summed E-state index contributed by atoms with van der Waals surface area (Å²) in [6.07, 6.45) is 5.60. The van der Waals surface area contributed by atoms with Crippen molar-refractivity contribution < 1.29 is 9.90 Å². The zero-order valence-corrected chi connectivity index (χ0v) is 10.9. The summed E-state index contributed by atoms with van der Waals surface area (Å²) in [6.45, 7) is 12.9. The monoisotopic (exact) mass is 236 g/mol. The predicted molar refractivity (Wildman–Crippen MR) is 72.2 cm³/mol. The number of carboxylic acid groups (broad SMARTS) is 1. The Morgan fingerprint density at radius 1 is 1.12 bits per heavy atom. The van der Waals surface area contributed by atoms with Crippen molar-refractivity contribution in [3.05, 3.63) is 49.2 Å². The minimum atomic E-state index is -1.82. The van der Waals surface area contributed by atoms with Crippen molar-refractivity contribution >= 4 is 14.0 Å². The highest BCUT2D eigenvalue weighted by molar-refractivity contribution is 6.85. The molecular formula is C13H20O2Si. The third-order valence-electron chi connectivity index (χ3n) is 2.51. The maximum Gasteiger partial charge on any atom is 0.330 e. The minimum absolute atomic E-state index is 0.414. The molecule has 0 unspecified atom stereocenters. The van der Waals surface area contributed by atoms with Crippen LogP contribution in [0.5, 0.6) is 0 Å². The first-order chi connectivity index (χ1) is 7.51. The van der Waals surface area contributed by atoms with Crippen LogP contribution in [0, 0.1) is 0 Å². The zero-order chi connectivity index (χ0) is 12.6. The van der Waals surface area contributed by atoms with Crippen LogP contribution in [-0.4, -0.2) is 19.1 Å². The third kappa shape index (κ3) is 4.44. The van der Waals surface area contributed by atoms with Crippen LogP contribution in [0.3, 0.4) is 0 Å². The Labute approximate surface area is 98.7 Å². The first-order valence-corrected chi connectivity index (χ1v) is 7.96. The first kappa shape index (κ1) is 14.6. The van der Waals surface area contributed by atoms with E-state index in [0.29, 0.717) is 5.57 Å². The second kappa shape index (κ2) is 7.01. The van der Waals surface area contributed by atoms with Crippen molar-refractivity contribution in [2.24, 2.45) is 0 Å². The average molecular weight is 236 g/mol. The SMILES string of the molecule is C=CC[Si](C=C(C)C(=O)O)(CC=C)CC=C. The van der Waals surface area contributed by atoms with Gasteiger partial charge in [-0.25, -0.2) is 4.79 Å². The van der Waals surface area contributed by atoms with Gasteiger partial charge < -0.3 is 5.11 Å². The van der Waals surface area contributed by atoms with Crippen LogP contribution in [0.15, 0.2) is 49.2 Å². The smallest absolute Gasteiger partial charge is 0.330 e. The summed E-state index contributed by atoms with van der Waals surface area (Å²) >= 11 is 0. The molecule has 0 saturated carbocycles.